The summed E-state index contributed by atoms with van der Waals surface area (Å²) in [4.78, 5) is 13.6. The molecular weight excluding hydrogens is 220 g/mol. The van der Waals surface area contributed by atoms with Crippen LogP contribution in [0.2, 0.25) is 0 Å². The van der Waals surface area contributed by atoms with Gasteiger partial charge in [0.1, 0.15) is 0 Å². The number of hydrogen-bond donors (Lipinski definition) is 1. The number of nitrogens with zero attached hydrogens (tertiary/aromatic N) is 1. The maximum Gasteiger partial charge on any atom is 0.309 e. The molecule has 0 spiro atoms. The van der Waals surface area contributed by atoms with Crippen molar-refractivity contribution in [1.82, 2.24) is 10.2 Å². The van der Waals surface area contributed by atoms with E-state index in [0.29, 0.717) is 12.6 Å². The molecule has 1 rings (SSSR count). The SMILES string of the molecule is COC(=O)C(C)CNC(C)CN1CCOCC1. The predicted molar refractivity (Wildman–Crippen MR) is 65.9 cm³/mol. The molecule has 0 aromatic heterocycles. The molecule has 1 saturated heterocycles. The van der Waals surface area contributed by atoms with Crippen molar-refractivity contribution >= 4 is 5.97 Å². The monoisotopic (exact) mass is 244 g/mol. The quantitative estimate of drug-likeness (QED) is 0.672. The van der Waals surface area contributed by atoms with Crippen LogP contribution in [0.15, 0.2) is 0 Å². The van der Waals surface area contributed by atoms with Gasteiger partial charge in [0.05, 0.1) is 26.2 Å². The van der Waals surface area contributed by atoms with Gasteiger partial charge in [-0.15, -0.1) is 0 Å². The highest BCUT2D eigenvalue weighted by Gasteiger charge is 2.16. The number of carbonyl (C=O) groups excluding carboxylic acids is 1. The average Bonchev–Trinajstić information content (AvgIpc) is 2.36. The third kappa shape index (κ3) is 5.48. The number of ether oxygens (including phenoxy) is 2. The van der Waals surface area contributed by atoms with Gasteiger partial charge < -0.3 is 14.8 Å². The Balaban J connectivity index is 2.15. The minimum Gasteiger partial charge on any atom is -0.469 e. The highest BCUT2D eigenvalue weighted by Crippen LogP contribution is 2.00. The smallest absolute Gasteiger partial charge is 0.309 e. The van der Waals surface area contributed by atoms with Gasteiger partial charge in [-0.05, 0) is 6.92 Å². The molecule has 2 unspecified atom stereocenters. The zero-order chi connectivity index (χ0) is 12.7. The molecule has 1 aliphatic heterocycles. The molecule has 0 aromatic carbocycles. The molecule has 100 valence electrons. The van der Waals surface area contributed by atoms with Crippen LogP contribution in [0.5, 0.6) is 0 Å². The molecule has 0 saturated carbocycles. The molecule has 5 heteroatoms. The Morgan fingerprint density at radius 3 is 2.65 bits per heavy atom. The summed E-state index contributed by atoms with van der Waals surface area (Å²) < 4.78 is 9.99. The highest BCUT2D eigenvalue weighted by molar-refractivity contribution is 5.72. The average molecular weight is 244 g/mol. The molecule has 17 heavy (non-hydrogen) atoms. The Labute approximate surface area is 103 Å². The van der Waals surface area contributed by atoms with E-state index in [1.165, 1.54) is 7.11 Å². The van der Waals surface area contributed by atoms with Crippen molar-refractivity contribution in [1.29, 1.82) is 0 Å². The van der Waals surface area contributed by atoms with Crippen molar-refractivity contribution in [3.05, 3.63) is 0 Å². The third-order valence-electron chi connectivity index (χ3n) is 3.01. The van der Waals surface area contributed by atoms with Gasteiger partial charge in [-0.2, -0.15) is 0 Å². The first-order valence-corrected chi connectivity index (χ1v) is 6.24. The molecular formula is C12H24N2O3. The second kappa shape index (κ2) is 7.63. The predicted octanol–water partition coefficient (Wildman–Crippen LogP) is 0.106. The summed E-state index contributed by atoms with van der Waals surface area (Å²) in [5.74, 6) is -0.247. The Morgan fingerprint density at radius 1 is 1.41 bits per heavy atom. The van der Waals surface area contributed by atoms with Gasteiger partial charge in [0, 0.05) is 32.2 Å². The van der Waals surface area contributed by atoms with Gasteiger partial charge in [-0.1, -0.05) is 6.92 Å². The van der Waals surface area contributed by atoms with Gasteiger partial charge in [0.25, 0.3) is 0 Å². The Kier molecular flexibility index (Phi) is 6.47. The zero-order valence-electron chi connectivity index (χ0n) is 11.1. The zero-order valence-corrected chi connectivity index (χ0v) is 11.1. The molecule has 1 N–H and O–H groups in total. The maximum atomic E-state index is 11.2. The number of esters is 1. The molecule has 0 radical (unpaired) electrons. The largest absolute Gasteiger partial charge is 0.469 e. The van der Waals surface area contributed by atoms with E-state index in [0.717, 1.165) is 32.8 Å². The number of morpholine rings is 1. The number of methoxy groups -OCH3 is 1. The summed E-state index contributed by atoms with van der Waals surface area (Å²) >= 11 is 0. The van der Waals surface area contributed by atoms with Crippen LogP contribution >= 0.6 is 0 Å². The number of carbonyl (C=O) groups is 1. The van der Waals surface area contributed by atoms with Gasteiger partial charge in [-0.3, -0.25) is 9.69 Å². The van der Waals surface area contributed by atoms with Crippen molar-refractivity contribution in [2.24, 2.45) is 5.92 Å². The van der Waals surface area contributed by atoms with Crippen LogP contribution < -0.4 is 5.32 Å². The van der Waals surface area contributed by atoms with Gasteiger partial charge in [0.2, 0.25) is 0 Å². The number of hydrogen-bond acceptors (Lipinski definition) is 5. The fourth-order valence-corrected chi connectivity index (χ4v) is 1.90. The minimum atomic E-state index is -0.156. The van der Waals surface area contributed by atoms with Gasteiger partial charge in [0.15, 0.2) is 0 Å². The summed E-state index contributed by atoms with van der Waals surface area (Å²) in [6.45, 7) is 9.32. The van der Waals surface area contributed by atoms with E-state index < -0.39 is 0 Å². The molecule has 0 aromatic rings. The van der Waals surface area contributed by atoms with E-state index in [1.54, 1.807) is 0 Å². The van der Waals surface area contributed by atoms with Crippen LogP contribution in [0.25, 0.3) is 0 Å². The van der Waals surface area contributed by atoms with Crippen LogP contribution in [0.4, 0.5) is 0 Å². The van der Waals surface area contributed by atoms with Crippen LogP contribution in [0.1, 0.15) is 13.8 Å². The first-order valence-electron chi connectivity index (χ1n) is 6.24. The van der Waals surface area contributed by atoms with Gasteiger partial charge in [-0.25, -0.2) is 0 Å². The molecule has 1 heterocycles. The molecule has 0 aliphatic carbocycles. The summed E-state index contributed by atoms with van der Waals surface area (Å²) in [5, 5.41) is 3.36. The molecule has 0 amide bonds. The molecule has 1 fully saturated rings. The standard InChI is InChI=1S/C12H24N2O3/c1-10(12(15)16-3)8-13-11(2)9-14-4-6-17-7-5-14/h10-11,13H,4-9H2,1-3H3. The molecule has 0 bridgehead atoms. The van der Waals surface area contributed by atoms with Gasteiger partial charge >= 0.3 is 5.97 Å². The lowest BCUT2D eigenvalue weighted by Crippen LogP contribution is -2.45. The van der Waals surface area contributed by atoms with Crippen LogP contribution in [-0.4, -0.2) is 63.4 Å². The van der Waals surface area contributed by atoms with E-state index in [2.05, 4.69) is 21.9 Å². The summed E-state index contributed by atoms with van der Waals surface area (Å²) in [6, 6.07) is 0.375. The lowest BCUT2D eigenvalue weighted by molar-refractivity contribution is -0.144. The lowest BCUT2D eigenvalue weighted by Gasteiger charge is -2.29. The maximum absolute atomic E-state index is 11.2. The number of rotatable bonds is 6. The Bertz CT molecular complexity index is 230. The molecule has 5 nitrogen and oxygen atoms in total. The van der Waals surface area contributed by atoms with Crippen LogP contribution in [0, 0.1) is 5.92 Å². The molecule has 2 atom stereocenters. The lowest BCUT2D eigenvalue weighted by atomic mass is 10.1. The van der Waals surface area contributed by atoms with E-state index in [9.17, 15) is 4.79 Å². The fraction of sp³-hybridized carbons (Fsp3) is 0.917. The minimum absolute atomic E-state index is 0.0906. The molecule has 1 aliphatic rings. The van der Waals surface area contributed by atoms with Crippen molar-refractivity contribution in [3.8, 4) is 0 Å². The normalized spacial score (nSPS) is 20.9. The van der Waals surface area contributed by atoms with Crippen LogP contribution in [-0.2, 0) is 14.3 Å². The van der Waals surface area contributed by atoms with E-state index in [1.807, 2.05) is 6.92 Å². The van der Waals surface area contributed by atoms with Crippen LogP contribution in [0.3, 0.4) is 0 Å². The van der Waals surface area contributed by atoms with Crippen molar-refractivity contribution < 1.29 is 14.3 Å². The Hall–Kier alpha value is -0.650. The third-order valence-corrected chi connectivity index (χ3v) is 3.01. The first kappa shape index (κ1) is 14.4. The van der Waals surface area contributed by atoms with E-state index >= 15 is 0 Å². The van der Waals surface area contributed by atoms with E-state index in [-0.39, 0.29) is 11.9 Å². The first-order chi connectivity index (χ1) is 8.13. The summed E-state index contributed by atoms with van der Waals surface area (Å²) in [6.07, 6.45) is 0. The Morgan fingerprint density at radius 2 is 2.06 bits per heavy atom. The summed E-state index contributed by atoms with van der Waals surface area (Å²) in [5.41, 5.74) is 0. The second-order valence-corrected chi connectivity index (χ2v) is 4.65. The topological polar surface area (TPSA) is 50.8 Å². The second-order valence-electron chi connectivity index (χ2n) is 4.65. The van der Waals surface area contributed by atoms with Crippen molar-refractivity contribution in [3.63, 3.8) is 0 Å². The number of nitrogens with one attached hydrogen (secondary N) is 1. The van der Waals surface area contributed by atoms with E-state index in [4.69, 9.17) is 4.74 Å². The highest BCUT2D eigenvalue weighted by atomic mass is 16.5. The fourth-order valence-electron chi connectivity index (χ4n) is 1.90. The van der Waals surface area contributed by atoms with Crippen molar-refractivity contribution in [2.75, 3.05) is 46.5 Å². The summed E-state index contributed by atoms with van der Waals surface area (Å²) in [7, 11) is 1.43. The van der Waals surface area contributed by atoms with Crippen molar-refractivity contribution in [2.45, 2.75) is 19.9 Å².